The molecule has 5 heteroatoms. The molecule has 0 atom stereocenters. The summed E-state index contributed by atoms with van der Waals surface area (Å²) in [5.74, 6) is 0. The normalized spacial score (nSPS) is 10.6. The van der Waals surface area contributed by atoms with Crippen molar-refractivity contribution in [2.45, 2.75) is 13.8 Å². The van der Waals surface area contributed by atoms with E-state index in [4.69, 9.17) is 34.8 Å². The van der Waals surface area contributed by atoms with Gasteiger partial charge in [-0.15, -0.1) is 0 Å². The van der Waals surface area contributed by atoms with Gasteiger partial charge in [0.2, 0.25) is 0 Å². The molecule has 0 aliphatic heterocycles. The second-order valence-corrected chi connectivity index (χ2v) is 6.58. The SMILES string of the molecule is CC.Clc1ccc2[nH]c3cc(Nc4ccc(Cl)c(Cl)c4)ccc3c2c1. The predicted molar refractivity (Wildman–Crippen MR) is 112 cm³/mol. The minimum atomic E-state index is 0.526. The standard InChI is InChI=1S/C18H11Cl3N2.C2H6/c19-10-1-6-17-14(7-10)13-4-2-12(9-18(13)23-17)22-11-3-5-15(20)16(21)8-11;1-2/h1-9,22-23H;1-2H3. The Labute approximate surface area is 161 Å². The molecule has 3 aromatic carbocycles. The van der Waals surface area contributed by atoms with E-state index in [0.29, 0.717) is 10.0 Å². The zero-order chi connectivity index (χ0) is 18.0. The summed E-state index contributed by atoms with van der Waals surface area (Å²) in [7, 11) is 0. The zero-order valence-electron chi connectivity index (χ0n) is 13.8. The Kier molecular flexibility index (Phi) is 5.43. The zero-order valence-corrected chi connectivity index (χ0v) is 16.1. The third-order valence-electron chi connectivity index (χ3n) is 3.77. The van der Waals surface area contributed by atoms with Gasteiger partial charge >= 0.3 is 0 Å². The number of H-pyrrole nitrogens is 1. The van der Waals surface area contributed by atoms with Gasteiger partial charge < -0.3 is 10.3 Å². The van der Waals surface area contributed by atoms with E-state index >= 15 is 0 Å². The highest BCUT2D eigenvalue weighted by Crippen LogP contribution is 2.31. The number of anilines is 2. The van der Waals surface area contributed by atoms with Gasteiger partial charge in [-0.25, -0.2) is 0 Å². The number of aromatic amines is 1. The molecular weight excluding hydrogens is 375 g/mol. The van der Waals surface area contributed by atoms with Crippen molar-refractivity contribution < 1.29 is 0 Å². The van der Waals surface area contributed by atoms with Gasteiger partial charge in [-0.3, -0.25) is 0 Å². The first kappa shape index (κ1) is 17.9. The fourth-order valence-corrected chi connectivity index (χ4v) is 3.16. The minimum absolute atomic E-state index is 0.526. The molecule has 0 fully saturated rings. The highest BCUT2D eigenvalue weighted by Gasteiger charge is 2.06. The van der Waals surface area contributed by atoms with Crippen LogP contribution in [0.25, 0.3) is 21.8 Å². The molecule has 0 radical (unpaired) electrons. The third-order valence-corrected chi connectivity index (χ3v) is 4.74. The molecule has 0 aliphatic carbocycles. The van der Waals surface area contributed by atoms with Gasteiger partial charge in [-0.2, -0.15) is 0 Å². The maximum atomic E-state index is 6.09. The monoisotopic (exact) mass is 390 g/mol. The van der Waals surface area contributed by atoms with Crippen LogP contribution in [-0.2, 0) is 0 Å². The second-order valence-electron chi connectivity index (χ2n) is 5.33. The molecule has 25 heavy (non-hydrogen) atoms. The summed E-state index contributed by atoms with van der Waals surface area (Å²) in [6, 6.07) is 17.5. The third kappa shape index (κ3) is 3.72. The number of halogens is 3. The molecule has 0 aliphatic rings. The van der Waals surface area contributed by atoms with Gasteiger partial charge in [0.1, 0.15) is 0 Å². The maximum Gasteiger partial charge on any atom is 0.0612 e. The molecule has 1 heterocycles. The number of benzene rings is 3. The Morgan fingerprint density at radius 1 is 0.680 bits per heavy atom. The summed E-state index contributed by atoms with van der Waals surface area (Å²) in [4.78, 5) is 3.41. The van der Waals surface area contributed by atoms with Crippen molar-refractivity contribution >= 4 is 68.0 Å². The molecule has 2 N–H and O–H groups in total. The molecule has 1 aromatic heterocycles. The Hall–Kier alpha value is -1.87. The van der Waals surface area contributed by atoms with Crippen LogP contribution in [0.5, 0.6) is 0 Å². The van der Waals surface area contributed by atoms with Crippen LogP contribution in [0.1, 0.15) is 13.8 Å². The lowest BCUT2D eigenvalue weighted by molar-refractivity contribution is 1.50. The van der Waals surface area contributed by atoms with Gasteiger partial charge in [0.25, 0.3) is 0 Å². The summed E-state index contributed by atoms with van der Waals surface area (Å²) >= 11 is 18.1. The van der Waals surface area contributed by atoms with Gasteiger partial charge in [0.15, 0.2) is 0 Å². The van der Waals surface area contributed by atoms with E-state index in [1.165, 1.54) is 0 Å². The van der Waals surface area contributed by atoms with Crippen LogP contribution in [0.3, 0.4) is 0 Å². The molecule has 0 amide bonds. The van der Waals surface area contributed by atoms with Crippen molar-refractivity contribution in [3.8, 4) is 0 Å². The lowest BCUT2D eigenvalue weighted by atomic mass is 10.1. The van der Waals surface area contributed by atoms with E-state index in [9.17, 15) is 0 Å². The molecule has 0 unspecified atom stereocenters. The van der Waals surface area contributed by atoms with E-state index < -0.39 is 0 Å². The minimum Gasteiger partial charge on any atom is -0.355 e. The second kappa shape index (κ2) is 7.57. The van der Waals surface area contributed by atoms with Gasteiger partial charge in [0.05, 0.1) is 10.0 Å². The summed E-state index contributed by atoms with van der Waals surface area (Å²) in [5, 5.41) is 7.39. The lowest BCUT2D eigenvalue weighted by Gasteiger charge is -2.07. The number of hydrogen-bond acceptors (Lipinski definition) is 1. The van der Waals surface area contributed by atoms with Crippen molar-refractivity contribution in [3.05, 3.63) is 69.7 Å². The number of nitrogens with one attached hydrogen (secondary N) is 2. The smallest absolute Gasteiger partial charge is 0.0612 e. The molecular formula is C20H17Cl3N2. The van der Waals surface area contributed by atoms with Crippen LogP contribution in [0.15, 0.2) is 54.6 Å². The molecule has 0 saturated heterocycles. The van der Waals surface area contributed by atoms with E-state index in [1.54, 1.807) is 12.1 Å². The van der Waals surface area contributed by atoms with Crippen LogP contribution < -0.4 is 5.32 Å². The van der Waals surface area contributed by atoms with Crippen molar-refractivity contribution in [2.24, 2.45) is 0 Å². The first-order valence-electron chi connectivity index (χ1n) is 8.03. The largest absolute Gasteiger partial charge is 0.355 e. The van der Waals surface area contributed by atoms with Crippen molar-refractivity contribution in [2.75, 3.05) is 5.32 Å². The molecule has 0 spiro atoms. The van der Waals surface area contributed by atoms with E-state index in [0.717, 1.165) is 38.2 Å². The predicted octanol–water partition coefficient (Wildman–Crippen LogP) is 8.05. The molecule has 4 rings (SSSR count). The van der Waals surface area contributed by atoms with Crippen LogP contribution in [0.2, 0.25) is 15.1 Å². The lowest BCUT2D eigenvalue weighted by Crippen LogP contribution is -1.89. The van der Waals surface area contributed by atoms with Crippen LogP contribution in [0.4, 0.5) is 11.4 Å². The van der Waals surface area contributed by atoms with Crippen molar-refractivity contribution in [1.29, 1.82) is 0 Å². The summed E-state index contributed by atoms with van der Waals surface area (Å²) < 4.78 is 0. The highest BCUT2D eigenvalue weighted by atomic mass is 35.5. The number of rotatable bonds is 2. The highest BCUT2D eigenvalue weighted by molar-refractivity contribution is 6.42. The van der Waals surface area contributed by atoms with Crippen LogP contribution >= 0.6 is 34.8 Å². The Bertz CT molecular complexity index is 1040. The number of fused-ring (bicyclic) bond motifs is 3. The first-order valence-corrected chi connectivity index (χ1v) is 9.16. The van der Waals surface area contributed by atoms with Crippen molar-refractivity contribution in [3.63, 3.8) is 0 Å². The molecule has 4 aromatic rings. The topological polar surface area (TPSA) is 27.8 Å². The molecule has 128 valence electrons. The van der Waals surface area contributed by atoms with Gasteiger partial charge in [0, 0.05) is 38.2 Å². The average molecular weight is 392 g/mol. The van der Waals surface area contributed by atoms with E-state index in [1.807, 2.05) is 44.2 Å². The summed E-state index contributed by atoms with van der Waals surface area (Å²) in [6.07, 6.45) is 0. The van der Waals surface area contributed by atoms with Gasteiger partial charge in [-0.05, 0) is 48.5 Å². The molecule has 0 saturated carbocycles. The fourth-order valence-electron chi connectivity index (χ4n) is 2.69. The summed E-state index contributed by atoms with van der Waals surface area (Å²) in [6.45, 7) is 4.00. The Morgan fingerprint density at radius 2 is 1.40 bits per heavy atom. The van der Waals surface area contributed by atoms with E-state index in [2.05, 4.69) is 22.4 Å². The fraction of sp³-hybridized carbons (Fsp3) is 0.100. The van der Waals surface area contributed by atoms with E-state index in [-0.39, 0.29) is 0 Å². The first-order chi connectivity index (χ1) is 12.1. The maximum absolute atomic E-state index is 6.09. The van der Waals surface area contributed by atoms with Crippen molar-refractivity contribution in [1.82, 2.24) is 4.98 Å². The number of hydrogen-bond donors (Lipinski definition) is 2. The van der Waals surface area contributed by atoms with Crippen LogP contribution in [0, 0.1) is 0 Å². The van der Waals surface area contributed by atoms with Gasteiger partial charge in [-0.1, -0.05) is 54.7 Å². The molecule has 0 bridgehead atoms. The molecule has 2 nitrogen and oxygen atoms in total. The average Bonchev–Trinajstić information content (AvgIpc) is 2.97. The quantitative estimate of drug-likeness (QED) is 0.355. The number of aromatic nitrogens is 1. The van der Waals surface area contributed by atoms with Crippen LogP contribution in [-0.4, -0.2) is 4.98 Å². The summed E-state index contributed by atoms with van der Waals surface area (Å²) in [5.41, 5.74) is 3.97. The Morgan fingerprint density at radius 3 is 2.16 bits per heavy atom. The Balaban J connectivity index is 0.000000880.